The zero-order valence-corrected chi connectivity index (χ0v) is 29.6. The number of hydrogen-bond acceptors (Lipinski definition) is 4. The summed E-state index contributed by atoms with van der Waals surface area (Å²) in [5, 5.41) is 9.74. The van der Waals surface area contributed by atoms with Gasteiger partial charge >= 0.3 is 0 Å². The Labute approximate surface area is 317 Å². The highest BCUT2D eigenvalue weighted by atomic mass is 16.3. The van der Waals surface area contributed by atoms with E-state index in [1.165, 1.54) is 43.4 Å². The quantitative estimate of drug-likeness (QED) is 0.168. The van der Waals surface area contributed by atoms with Crippen LogP contribution in [0.5, 0.6) is 0 Å². The van der Waals surface area contributed by atoms with E-state index < -0.39 is 0 Å². The lowest BCUT2D eigenvalue weighted by molar-refractivity contribution is 0.669. The van der Waals surface area contributed by atoms with Crippen molar-refractivity contribution in [2.45, 2.75) is 0 Å². The SMILES string of the molecule is c1ccc(-c2nc(-c3ccccc3)nc(-c3ccc4oc5cc(-c6cccc(-c7ccc8c9ccccc9c9ccccc9c8c7)c6)ccc5c4c3)n2)cc1. The topological polar surface area (TPSA) is 51.8 Å². The zero-order chi connectivity index (χ0) is 36.3. The number of furan rings is 1. The van der Waals surface area contributed by atoms with Gasteiger partial charge in [-0.05, 0) is 97.0 Å². The van der Waals surface area contributed by atoms with Crippen molar-refractivity contribution in [1.29, 1.82) is 0 Å². The van der Waals surface area contributed by atoms with Gasteiger partial charge in [-0.3, -0.25) is 0 Å². The molecule has 2 aromatic heterocycles. The second kappa shape index (κ2) is 12.6. The fourth-order valence-electron chi connectivity index (χ4n) is 8.00. The van der Waals surface area contributed by atoms with Gasteiger partial charge in [0.15, 0.2) is 17.5 Å². The second-order valence-corrected chi connectivity index (χ2v) is 14.0. The first-order valence-electron chi connectivity index (χ1n) is 18.5. The minimum atomic E-state index is 0.618. The van der Waals surface area contributed by atoms with Crippen LogP contribution in [0.15, 0.2) is 192 Å². The van der Waals surface area contributed by atoms with Crippen LogP contribution in [-0.2, 0) is 0 Å². The first-order valence-corrected chi connectivity index (χ1v) is 18.5. The number of nitrogens with zero attached hydrogens (tertiary/aromatic N) is 3. The Hall–Kier alpha value is -7.43. The van der Waals surface area contributed by atoms with Crippen molar-refractivity contribution in [2.24, 2.45) is 0 Å². The van der Waals surface area contributed by atoms with Gasteiger partial charge in [-0.15, -0.1) is 0 Å². The molecule has 11 rings (SSSR count). The first kappa shape index (κ1) is 31.1. The lowest BCUT2D eigenvalue weighted by Crippen LogP contribution is -2.00. The molecule has 2 heterocycles. The highest BCUT2D eigenvalue weighted by molar-refractivity contribution is 6.25. The average Bonchev–Trinajstić information content (AvgIpc) is 3.64. The summed E-state index contributed by atoms with van der Waals surface area (Å²) in [6, 6.07) is 65.9. The van der Waals surface area contributed by atoms with Gasteiger partial charge in [0.2, 0.25) is 0 Å². The molecule has 0 aliphatic heterocycles. The van der Waals surface area contributed by atoms with E-state index in [2.05, 4.69) is 115 Å². The summed E-state index contributed by atoms with van der Waals surface area (Å²) >= 11 is 0. The van der Waals surface area contributed by atoms with Crippen molar-refractivity contribution in [2.75, 3.05) is 0 Å². The molecule has 4 heteroatoms. The number of benzene rings is 9. The maximum absolute atomic E-state index is 6.48. The largest absolute Gasteiger partial charge is 0.456 e. The highest BCUT2D eigenvalue weighted by Crippen LogP contribution is 2.39. The summed E-state index contributed by atoms with van der Waals surface area (Å²) in [7, 11) is 0. The molecule has 55 heavy (non-hydrogen) atoms. The molecule has 0 fully saturated rings. The van der Waals surface area contributed by atoms with E-state index in [0.29, 0.717) is 17.5 Å². The smallest absolute Gasteiger partial charge is 0.164 e. The predicted molar refractivity (Wildman–Crippen MR) is 227 cm³/mol. The minimum absolute atomic E-state index is 0.618. The molecule has 0 atom stereocenters. The molecule has 4 nitrogen and oxygen atoms in total. The standard InChI is InChI=1S/C51H31N3O/c1-3-12-32(13-4-1)49-52-50(33-14-5-2-6-15-33)54-51(53-49)38-24-27-47-46(30-38)44-26-23-37(31-48(44)55-47)35-17-11-16-34(28-35)36-22-25-43-41-20-8-7-18-39(41)40-19-9-10-21-42(40)45(43)29-36/h1-31H. The van der Waals surface area contributed by atoms with Crippen LogP contribution < -0.4 is 0 Å². The molecule has 0 saturated carbocycles. The molecule has 0 N–H and O–H groups in total. The van der Waals surface area contributed by atoms with Crippen molar-refractivity contribution in [1.82, 2.24) is 15.0 Å². The molecule has 0 spiro atoms. The maximum atomic E-state index is 6.48. The lowest BCUT2D eigenvalue weighted by Gasteiger charge is -2.12. The fraction of sp³-hybridized carbons (Fsp3) is 0. The van der Waals surface area contributed by atoms with Crippen LogP contribution in [0.4, 0.5) is 0 Å². The van der Waals surface area contributed by atoms with Crippen molar-refractivity contribution in [3.8, 4) is 56.4 Å². The Balaban J connectivity index is 0.979. The van der Waals surface area contributed by atoms with Gasteiger partial charge in [-0.1, -0.05) is 146 Å². The number of aromatic nitrogens is 3. The van der Waals surface area contributed by atoms with Crippen molar-refractivity contribution in [3.63, 3.8) is 0 Å². The molecule has 11 aromatic rings. The normalized spacial score (nSPS) is 11.6. The molecule has 9 aromatic carbocycles. The van der Waals surface area contributed by atoms with Crippen LogP contribution in [0.2, 0.25) is 0 Å². The van der Waals surface area contributed by atoms with E-state index in [4.69, 9.17) is 19.4 Å². The summed E-state index contributed by atoms with van der Waals surface area (Å²) < 4.78 is 6.48. The molecule has 0 bridgehead atoms. The second-order valence-electron chi connectivity index (χ2n) is 14.0. The van der Waals surface area contributed by atoms with E-state index in [1.54, 1.807) is 0 Å². The molecule has 0 unspecified atom stereocenters. The van der Waals surface area contributed by atoms with Crippen molar-refractivity contribution in [3.05, 3.63) is 188 Å². The van der Waals surface area contributed by atoms with E-state index in [-0.39, 0.29) is 0 Å². The highest BCUT2D eigenvalue weighted by Gasteiger charge is 2.16. The van der Waals surface area contributed by atoms with E-state index in [9.17, 15) is 0 Å². The molecule has 0 aliphatic rings. The van der Waals surface area contributed by atoms with Gasteiger partial charge in [0.25, 0.3) is 0 Å². The Morgan fingerprint density at radius 1 is 0.236 bits per heavy atom. The lowest BCUT2D eigenvalue weighted by atomic mass is 9.91. The maximum Gasteiger partial charge on any atom is 0.164 e. The molecule has 256 valence electrons. The van der Waals surface area contributed by atoms with Crippen LogP contribution in [-0.4, -0.2) is 15.0 Å². The molecule has 0 saturated heterocycles. The van der Waals surface area contributed by atoms with E-state index in [1.807, 2.05) is 72.8 Å². The Bertz CT molecular complexity index is 3170. The summed E-state index contributed by atoms with van der Waals surface area (Å²) in [5.41, 5.74) is 9.05. The van der Waals surface area contributed by atoms with Crippen LogP contribution in [0, 0.1) is 0 Å². The van der Waals surface area contributed by atoms with Crippen LogP contribution in [0.1, 0.15) is 0 Å². The number of hydrogen-bond donors (Lipinski definition) is 0. The number of fused-ring (bicyclic) bond motifs is 9. The third-order valence-corrected chi connectivity index (χ3v) is 10.7. The summed E-state index contributed by atoms with van der Waals surface area (Å²) in [4.78, 5) is 14.8. The fourth-order valence-corrected chi connectivity index (χ4v) is 8.00. The molecular weight excluding hydrogens is 671 g/mol. The molecule has 0 amide bonds. The third-order valence-electron chi connectivity index (χ3n) is 10.7. The minimum Gasteiger partial charge on any atom is -0.456 e. The summed E-state index contributed by atoms with van der Waals surface area (Å²) in [6.45, 7) is 0. The van der Waals surface area contributed by atoms with E-state index in [0.717, 1.165) is 49.8 Å². The first-order chi connectivity index (χ1) is 27.2. The van der Waals surface area contributed by atoms with Crippen molar-refractivity contribution >= 4 is 54.3 Å². The summed E-state index contributed by atoms with van der Waals surface area (Å²) in [6.07, 6.45) is 0. The van der Waals surface area contributed by atoms with Crippen LogP contribution in [0.25, 0.3) is 111 Å². The van der Waals surface area contributed by atoms with Gasteiger partial charge in [-0.2, -0.15) is 0 Å². The van der Waals surface area contributed by atoms with Gasteiger partial charge in [0, 0.05) is 27.5 Å². The Morgan fingerprint density at radius 3 is 1.25 bits per heavy atom. The predicted octanol–water partition coefficient (Wildman–Crippen LogP) is 13.6. The van der Waals surface area contributed by atoms with Crippen molar-refractivity contribution < 1.29 is 4.42 Å². The van der Waals surface area contributed by atoms with Crippen LogP contribution >= 0.6 is 0 Å². The average molecular weight is 702 g/mol. The summed E-state index contributed by atoms with van der Waals surface area (Å²) in [5.74, 6) is 1.89. The number of rotatable bonds is 5. The Morgan fingerprint density at radius 2 is 0.655 bits per heavy atom. The van der Waals surface area contributed by atoms with Crippen LogP contribution in [0.3, 0.4) is 0 Å². The van der Waals surface area contributed by atoms with Gasteiger partial charge in [-0.25, -0.2) is 15.0 Å². The Kier molecular flexibility index (Phi) is 7.14. The third kappa shape index (κ3) is 5.34. The monoisotopic (exact) mass is 701 g/mol. The molecule has 0 aliphatic carbocycles. The van der Waals surface area contributed by atoms with Gasteiger partial charge in [0.05, 0.1) is 0 Å². The van der Waals surface area contributed by atoms with Gasteiger partial charge < -0.3 is 4.42 Å². The van der Waals surface area contributed by atoms with Gasteiger partial charge in [0.1, 0.15) is 11.2 Å². The molecular formula is C51H31N3O. The zero-order valence-electron chi connectivity index (χ0n) is 29.6. The molecule has 0 radical (unpaired) electrons. The van der Waals surface area contributed by atoms with E-state index >= 15 is 0 Å².